The van der Waals surface area contributed by atoms with Crippen LogP contribution in [-0.2, 0) is 4.79 Å². The van der Waals surface area contributed by atoms with Crippen molar-refractivity contribution in [3.05, 3.63) is 60.7 Å². The minimum Gasteiger partial charge on any atom is -0.326 e. The van der Waals surface area contributed by atoms with E-state index in [1.165, 1.54) is 0 Å². The second kappa shape index (κ2) is 7.24. The van der Waals surface area contributed by atoms with Gasteiger partial charge < -0.3 is 10.2 Å². The molecule has 2 aliphatic rings. The maximum Gasteiger partial charge on any atom is 0.247 e. The number of carbonyl (C=O) groups is 1. The van der Waals surface area contributed by atoms with Crippen molar-refractivity contribution in [2.24, 2.45) is 5.92 Å². The molecule has 3 aromatic rings. The van der Waals surface area contributed by atoms with E-state index in [1.807, 2.05) is 25.1 Å². The lowest BCUT2D eigenvalue weighted by Gasteiger charge is -2.36. The highest BCUT2D eigenvalue weighted by Crippen LogP contribution is 2.45. The van der Waals surface area contributed by atoms with E-state index in [0.717, 1.165) is 36.1 Å². The lowest BCUT2D eigenvalue weighted by atomic mass is 9.80. The predicted octanol–water partition coefficient (Wildman–Crippen LogP) is 3.24. The van der Waals surface area contributed by atoms with Crippen LogP contribution in [0.3, 0.4) is 0 Å². The van der Waals surface area contributed by atoms with Crippen molar-refractivity contribution in [2.45, 2.75) is 38.3 Å². The van der Waals surface area contributed by atoms with E-state index in [9.17, 15) is 4.79 Å². The minimum atomic E-state index is -0.257. The number of nitrogens with one attached hydrogen (secondary N) is 1. The van der Waals surface area contributed by atoms with Crippen LogP contribution in [-0.4, -0.2) is 37.9 Å². The zero-order chi connectivity index (χ0) is 19.8. The molecule has 0 bridgehead atoms. The number of anilines is 2. The van der Waals surface area contributed by atoms with Gasteiger partial charge in [-0.05, 0) is 61.9 Å². The molecule has 2 aromatic heterocycles. The van der Waals surface area contributed by atoms with E-state index < -0.39 is 0 Å². The number of fused-ring (bicyclic) bond motifs is 1. The fourth-order valence-electron chi connectivity index (χ4n) is 4.37. The summed E-state index contributed by atoms with van der Waals surface area (Å²) in [6.07, 6.45) is 10.0. The molecule has 1 aliphatic heterocycles. The molecule has 3 heterocycles. The molecule has 29 heavy (non-hydrogen) atoms. The number of carbonyl (C=O) groups excluding carboxylic acids is 1. The SMILES string of the molecule is Cc1ccc(NC(=O)[C@H]2C[C@@H]3CC[C@@H]3N2c2ncccn2)cc1-c1ncccn1. The molecule has 1 N–H and O–H groups in total. The van der Waals surface area contributed by atoms with Gasteiger partial charge in [-0.2, -0.15) is 0 Å². The van der Waals surface area contributed by atoms with Crippen LogP contribution in [0.1, 0.15) is 24.8 Å². The zero-order valence-corrected chi connectivity index (χ0v) is 16.2. The Labute approximate surface area is 169 Å². The van der Waals surface area contributed by atoms with Crippen LogP contribution in [0.25, 0.3) is 11.4 Å². The summed E-state index contributed by atoms with van der Waals surface area (Å²) in [4.78, 5) is 32.8. The Bertz CT molecular complexity index is 1030. The first-order valence-electron chi connectivity index (χ1n) is 9.95. The zero-order valence-electron chi connectivity index (χ0n) is 16.2. The smallest absolute Gasteiger partial charge is 0.247 e. The van der Waals surface area contributed by atoms with Crippen LogP contribution in [0.15, 0.2) is 55.1 Å². The minimum absolute atomic E-state index is 0.0179. The van der Waals surface area contributed by atoms with Gasteiger partial charge in [-0.25, -0.2) is 19.9 Å². The standard InChI is InChI=1S/C22H22N6O/c1-14-4-6-16(13-17(14)20-23-8-2-9-24-20)27-21(29)19-12-15-5-7-18(15)28(19)22-25-10-3-11-26-22/h2-4,6,8-11,13,15,18-19H,5,7,12H2,1H3,(H,27,29)/t15-,18-,19+/m0/s1. The molecule has 1 amide bonds. The highest BCUT2D eigenvalue weighted by Gasteiger charge is 2.50. The van der Waals surface area contributed by atoms with Gasteiger partial charge in [-0.1, -0.05) is 6.07 Å². The highest BCUT2D eigenvalue weighted by atomic mass is 16.2. The van der Waals surface area contributed by atoms with Gasteiger partial charge in [0.2, 0.25) is 11.9 Å². The molecule has 3 atom stereocenters. The van der Waals surface area contributed by atoms with Crippen molar-refractivity contribution in [3.63, 3.8) is 0 Å². The van der Waals surface area contributed by atoms with Gasteiger partial charge in [0.25, 0.3) is 0 Å². The van der Waals surface area contributed by atoms with Gasteiger partial charge in [0, 0.05) is 42.1 Å². The second-order valence-corrected chi connectivity index (χ2v) is 7.70. The molecule has 1 aliphatic carbocycles. The number of aromatic nitrogens is 4. The molecule has 1 saturated carbocycles. The number of hydrogen-bond acceptors (Lipinski definition) is 6. The maximum absolute atomic E-state index is 13.2. The third kappa shape index (κ3) is 3.22. The molecule has 5 rings (SSSR count). The van der Waals surface area contributed by atoms with Crippen molar-refractivity contribution in [2.75, 3.05) is 10.2 Å². The molecule has 1 saturated heterocycles. The summed E-state index contributed by atoms with van der Waals surface area (Å²) >= 11 is 0. The van der Waals surface area contributed by atoms with Crippen LogP contribution in [0, 0.1) is 12.8 Å². The lowest BCUT2D eigenvalue weighted by Crippen LogP contribution is -2.47. The third-order valence-electron chi connectivity index (χ3n) is 5.99. The number of hydrogen-bond donors (Lipinski definition) is 1. The predicted molar refractivity (Wildman–Crippen MR) is 110 cm³/mol. The fraction of sp³-hybridized carbons (Fsp3) is 0.318. The normalized spacial score (nSPS) is 22.7. The van der Waals surface area contributed by atoms with Crippen molar-refractivity contribution in [1.82, 2.24) is 19.9 Å². The lowest BCUT2D eigenvalue weighted by molar-refractivity contribution is -0.117. The quantitative estimate of drug-likeness (QED) is 0.741. The van der Waals surface area contributed by atoms with Crippen molar-refractivity contribution < 1.29 is 4.79 Å². The number of benzene rings is 1. The van der Waals surface area contributed by atoms with Gasteiger partial charge in [-0.3, -0.25) is 4.79 Å². The Hall–Kier alpha value is -3.35. The van der Waals surface area contributed by atoms with Gasteiger partial charge in [0.05, 0.1) is 0 Å². The molecule has 0 unspecified atom stereocenters. The van der Waals surface area contributed by atoms with E-state index in [-0.39, 0.29) is 11.9 Å². The van der Waals surface area contributed by atoms with Crippen molar-refractivity contribution in [3.8, 4) is 11.4 Å². The molecule has 1 aromatic carbocycles. The van der Waals surface area contributed by atoms with Gasteiger partial charge in [-0.15, -0.1) is 0 Å². The molecular formula is C22H22N6O. The summed E-state index contributed by atoms with van der Waals surface area (Å²) in [6, 6.07) is 9.54. The Kier molecular flexibility index (Phi) is 4.42. The van der Waals surface area contributed by atoms with Crippen LogP contribution in [0.5, 0.6) is 0 Å². The topological polar surface area (TPSA) is 83.9 Å². The first-order valence-corrected chi connectivity index (χ1v) is 9.95. The Morgan fingerprint density at radius 1 is 1.03 bits per heavy atom. The summed E-state index contributed by atoms with van der Waals surface area (Å²) in [5, 5.41) is 3.10. The van der Waals surface area contributed by atoms with E-state index in [2.05, 4.69) is 30.2 Å². The molecule has 2 fully saturated rings. The van der Waals surface area contributed by atoms with Crippen LogP contribution >= 0.6 is 0 Å². The van der Waals surface area contributed by atoms with E-state index in [1.54, 1.807) is 36.9 Å². The summed E-state index contributed by atoms with van der Waals surface area (Å²) < 4.78 is 0. The summed E-state index contributed by atoms with van der Waals surface area (Å²) in [5.74, 6) is 1.82. The van der Waals surface area contributed by atoms with Crippen molar-refractivity contribution >= 4 is 17.5 Å². The molecular weight excluding hydrogens is 364 g/mol. The molecule has 7 heteroatoms. The highest BCUT2D eigenvalue weighted by molar-refractivity contribution is 5.97. The van der Waals surface area contributed by atoms with Gasteiger partial charge in [0.15, 0.2) is 5.82 Å². The molecule has 0 spiro atoms. The first kappa shape index (κ1) is 17.7. The van der Waals surface area contributed by atoms with Crippen molar-refractivity contribution in [1.29, 1.82) is 0 Å². The average molecular weight is 386 g/mol. The second-order valence-electron chi connectivity index (χ2n) is 7.70. The van der Waals surface area contributed by atoms with Gasteiger partial charge >= 0.3 is 0 Å². The largest absolute Gasteiger partial charge is 0.326 e. The summed E-state index contributed by atoms with van der Waals surface area (Å²) in [5.41, 5.74) is 2.72. The maximum atomic E-state index is 13.2. The first-order chi connectivity index (χ1) is 14.2. The van der Waals surface area contributed by atoms with E-state index in [0.29, 0.717) is 23.7 Å². The summed E-state index contributed by atoms with van der Waals surface area (Å²) in [7, 11) is 0. The Morgan fingerprint density at radius 2 is 1.76 bits per heavy atom. The van der Waals surface area contributed by atoms with E-state index >= 15 is 0 Å². The van der Waals surface area contributed by atoms with E-state index in [4.69, 9.17) is 0 Å². The Morgan fingerprint density at radius 3 is 2.45 bits per heavy atom. The Balaban J connectivity index is 1.40. The number of rotatable bonds is 4. The third-order valence-corrected chi connectivity index (χ3v) is 5.99. The monoisotopic (exact) mass is 386 g/mol. The van der Waals surface area contributed by atoms with Crippen LogP contribution in [0.4, 0.5) is 11.6 Å². The fourth-order valence-corrected chi connectivity index (χ4v) is 4.37. The number of aryl methyl sites for hydroxylation is 1. The number of amides is 1. The number of nitrogens with zero attached hydrogens (tertiary/aromatic N) is 5. The molecule has 7 nitrogen and oxygen atoms in total. The van der Waals surface area contributed by atoms with Crippen LogP contribution < -0.4 is 10.2 Å². The summed E-state index contributed by atoms with van der Waals surface area (Å²) in [6.45, 7) is 2.01. The average Bonchev–Trinajstić information content (AvgIpc) is 3.01. The van der Waals surface area contributed by atoms with Crippen LogP contribution in [0.2, 0.25) is 0 Å². The molecule has 0 radical (unpaired) electrons. The molecule has 146 valence electrons. The van der Waals surface area contributed by atoms with Gasteiger partial charge in [0.1, 0.15) is 6.04 Å².